The molecule has 0 saturated carbocycles. The molecule has 1 rings (SSSR count). The first-order valence-corrected chi connectivity index (χ1v) is 4.73. The fraction of sp³-hybridized carbons (Fsp3) is 0.700. The molecule has 1 atom stereocenters. The Balaban J connectivity index is 2.30. The van der Waals surface area contributed by atoms with Crippen molar-refractivity contribution in [3.05, 3.63) is 12.2 Å². The molecule has 1 fully saturated rings. The van der Waals surface area contributed by atoms with Crippen LogP contribution < -0.4 is 0 Å². The minimum atomic E-state index is 0.0537. The highest BCUT2D eigenvalue weighted by atomic mass is 16.5. The van der Waals surface area contributed by atoms with E-state index in [0.29, 0.717) is 6.54 Å². The summed E-state index contributed by atoms with van der Waals surface area (Å²) in [7, 11) is 1.81. The molecule has 1 unspecified atom stereocenters. The number of likely N-dealkylation sites (N-methyl/N-ethyl adjacent to an activating group) is 1. The van der Waals surface area contributed by atoms with Crippen LogP contribution >= 0.6 is 0 Å². The van der Waals surface area contributed by atoms with Crippen LogP contribution in [0.25, 0.3) is 0 Å². The predicted octanol–water partition coefficient (Wildman–Crippen LogP) is 1.20. The molecule has 1 saturated heterocycles. The first kappa shape index (κ1) is 10.3. The van der Waals surface area contributed by atoms with Gasteiger partial charge in [-0.05, 0) is 25.8 Å². The van der Waals surface area contributed by atoms with E-state index in [4.69, 9.17) is 4.74 Å². The van der Waals surface area contributed by atoms with Crippen LogP contribution in [0, 0.1) is 0 Å². The Morgan fingerprint density at radius 1 is 1.69 bits per heavy atom. The summed E-state index contributed by atoms with van der Waals surface area (Å²) in [4.78, 5) is 13.0. The van der Waals surface area contributed by atoms with Crippen LogP contribution in [0.5, 0.6) is 0 Å². The number of allylic oxidation sites excluding steroid dienone is 1. The van der Waals surface area contributed by atoms with Crippen LogP contribution in [-0.2, 0) is 9.53 Å². The van der Waals surface area contributed by atoms with E-state index in [2.05, 4.69) is 0 Å². The van der Waals surface area contributed by atoms with Crippen LogP contribution in [0.1, 0.15) is 19.8 Å². The Labute approximate surface area is 79.4 Å². The molecule has 74 valence electrons. The van der Waals surface area contributed by atoms with Gasteiger partial charge in [0.2, 0.25) is 5.91 Å². The van der Waals surface area contributed by atoms with E-state index in [1.807, 2.05) is 14.0 Å². The molecule has 1 aliphatic heterocycles. The Bertz CT molecular complexity index is 195. The first-order valence-electron chi connectivity index (χ1n) is 4.73. The molecule has 13 heavy (non-hydrogen) atoms. The molecule has 0 aromatic rings. The number of nitrogens with zero attached hydrogens (tertiary/aromatic N) is 1. The Morgan fingerprint density at radius 2 is 2.46 bits per heavy atom. The third-order valence-corrected chi connectivity index (χ3v) is 2.19. The zero-order valence-electron chi connectivity index (χ0n) is 8.32. The van der Waals surface area contributed by atoms with Gasteiger partial charge in [0.15, 0.2) is 0 Å². The van der Waals surface area contributed by atoms with Crippen molar-refractivity contribution in [3.8, 4) is 0 Å². The van der Waals surface area contributed by atoms with Crippen molar-refractivity contribution in [1.82, 2.24) is 4.90 Å². The zero-order valence-corrected chi connectivity index (χ0v) is 8.32. The average molecular weight is 183 g/mol. The zero-order chi connectivity index (χ0) is 9.68. The SMILES string of the molecule is CC=CC(=O)N(C)CC1CCCO1. The van der Waals surface area contributed by atoms with Gasteiger partial charge in [0.1, 0.15) is 0 Å². The molecule has 1 heterocycles. The van der Waals surface area contributed by atoms with Crippen LogP contribution in [-0.4, -0.2) is 37.1 Å². The van der Waals surface area contributed by atoms with Gasteiger partial charge in [-0.15, -0.1) is 0 Å². The third kappa shape index (κ3) is 3.19. The van der Waals surface area contributed by atoms with Crippen LogP contribution in [0.3, 0.4) is 0 Å². The largest absolute Gasteiger partial charge is 0.376 e. The normalized spacial score (nSPS) is 22.5. The molecular formula is C10H17NO2. The van der Waals surface area contributed by atoms with Gasteiger partial charge in [0.25, 0.3) is 0 Å². The summed E-state index contributed by atoms with van der Waals surface area (Å²) >= 11 is 0. The molecule has 0 aromatic carbocycles. The molecular weight excluding hydrogens is 166 g/mol. The number of rotatable bonds is 3. The second kappa shape index (κ2) is 5.02. The smallest absolute Gasteiger partial charge is 0.246 e. The Hall–Kier alpha value is -0.830. The number of hydrogen-bond acceptors (Lipinski definition) is 2. The highest BCUT2D eigenvalue weighted by Gasteiger charge is 2.18. The minimum absolute atomic E-state index is 0.0537. The first-order chi connectivity index (χ1) is 6.24. The Kier molecular flexibility index (Phi) is 3.96. The molecule has 0 N–H and O–H groups in total. The van der Waals surface area contributed by atoms with E-state index in [9.17, 15) is 4.79 Å². The lowest BCUT2D eigenvalue weighted by Gasteiger charge is -2.19. The number of ether oxygens (including phenoxy) is 1. The van der Waals surface area contributed by atoms with Crippen molar-refractivity contribution in [3.63, 3.8) is 0 Å². The van der Waals surface area contributed by atoms with E-state index < -0.39 is 0 Å². The third-order valence-electron chi connectivity index (χ3n) is 2.19. The van der Waals surface area contributed by atoms with Crippen LogP contribution in [0.2, 0.25) is 0 Å². The lowest BCUT2D eigenvalue weighted by Crippen LogP contribution is -2.32. The molecule has 0 radical (unpaired) electrons. The summed E-state index contributed by atoms with van der Waals surface area (Å²) in [6.45, 7) is 3.40. The van der Waals surface area contributed by atoms with Gasteiger partial charge in [-0.25, -0.2) is 0 Å². The van der Waals surface area contributed by atoms with Gasteiger partial charge in [0.05, 0.1) is 6.10 Å². The standard InChI is InChI=1S/C10H17NO2/c1-3-5-10(12)11(2)8-9-6-4-7-13-9/h3,5,9H,4,6-8H2,1-2H3. The quantitative estimate of drug-likeness (QED) is 0.615. The van der Waals surface area contributed by atoms with E-state index in [1.165, 1.54) is 0 Å². The van der Waals surface area contributed by atoms with Crippen molar-refractivity contribution in [2.45, 2.75) is 25.9 Å². The summed E-state index contributed by atoms with van der Waals surface area (Å²) < 4.78 is 5.43. The fourth-order valence-electron chi connectivity index (χ4n) is 1.45. The van der Waals surface area contributed by atoms with Crippen molar-refractivity contribution in [2.75, 3.05) is 20.2 Å². The lowest BCUT2D eigenvalue weighted by atomic mass is 10.2. The van der Waals surface area contributed by atoms with Gasteiger partial charge >= 0.3 is 0 Å². The second-order valence-electron chi connectivity index (χ2n) is 3.35. The topological polar surface area (TPSA) is 29.5 Å². The molecule has 3 nitrogen and oxygen atoms in total. The maximum atomic E-state index is 11.3. The summed E-state index contributed by atoms with van der Waals surface area (Å²) in [5, 5.41) is 0. The number of carbonyl (C=O) groups excluding carboxylic acids is 1. The van der Waals surface area contributed by atoms with E-state index in [1.54, 1.807) is 17.1 Å². The van der Waals surface area contributed by atoms with E-state index in [0.717, 1.165) is 19.4 Å². The fourth-order valence-corrected chi connectivity index (χ4v) is 1.45. The molecule has 0 aliphatic carbocycles. The molecule has 0 aromatic heterocycles. The van der Waals surface area contributed by atoms with Crippen molar-refractivity contribution in [2.24, 2.45) is 0 Å². The monoisotopic (exact) mass is 183 g/mol. The van der Waals surface area contributed by atoms with Gasteiger partial charge in [-0.3, -0.25) is 4.79 Å². The minimum Gasteiger partial charge on any atom is -0.376 e. The number of hydrogen-bond donors (Lipinski definition) is 0. The maximum Gasteiger partial charge on any atom is 0.246 e. The predicted molar refractivity (Wildman–Crippen MR) is 51.4 cm³/mol. The summed E-state index contributed by atoms with van der Waals surface area (Å²) in [6.07, 6.45) is 5.78. The van der Waals surface area contributed by atoms with Gasteiger partial charge in [-0.1, -0.05) is 6.08 Å². The summed E-state index contributed by atoms with van der Waals surface area (Å²) in [6, 6.07) is 0. The Morgan fingerprint density at radius 3 is 3.00 bits per heavy atom. The number of carbonyl (C=O) groups is 1. The molecule has 3 heteroatoms. The van der Waals surface area contributed by atoms with Gasteiger partial charge in [0, 0.05) is 20.2 Å². The van der Waals surface area contributed by atoms with E-state index in [-0.39, 0.29) is 12.0 Å². The number of amides is 1. The average Bonchev–Trinajstić information content (AvgIpc) is 2.57. The van der Waals surface area contributed by atoms with Gasteiger partial charge < -0.3 is 9.64 Å². The highest BCUT2D eigenvalue weighted by Crippen LogP contribution is 2.12. The van der Waals surface area contributed by atoms with Crippen molar-refractivity contribution < 1.29 is 9.53 Å². The summed E-state index contributed by atoms with van der Waals surface area (Å²) in [5.41, 5.74) is 0. The molecule has 1 amide bonds. The van der Waals surface area contributed by atoms with Crippen LogP contribution in [0.15, 0.2) is 12.2 Å². The summed E-state index contributed by atoms with van der Waals surface area (Å²) in [5.74, 6) is 0.0537. The molecule has 1 aliphatic rings. The highest BCUT2D eigenvalue weighted by molar-refractivity contribution is 5.87. The van der Waals surface area contributed by atoms with Gasteiger partial charge in [-0.2, -0.15) is 0 Å². The maximum absolute atomic E-state index is 11.3. The molecule has 0 spiro atoms. The van der Waals surface area contributed by atoms with Crippen molar-refractivity contribution >= 4 is 5.91 Å². The molecule has 0 bridgehead atoms. The van der Waals surface area contributed by atoms with E-state index >= 15 is 0 Å². The van der Waals surface area contributed by atoms with Crippen LogP contribution in [0.4, 0.5) is 0 Å². The second-order valence-corrected chi connectivity index (χ2v) is 3.35. The lowest BCUT2D eigenvalue weighted by molar-refractivity contribution is -0.126. The van der Waals surface area contributed by atoms with Crippen molar-refractivity contribution in [1.29, 1.82) is 0 Å².